The molecule has 0 amide bonds. The zero-order valence-corrected chi connectivity index (χ0v) is 33.8. The highest BCUT2D eigenvalue weighted by atomic mass is 127. The van der Waals surface area contributed by atoms with Gasteiger partial charge in [0.15, 0.2) is 0 Å². The fourth-order valence-electron chi connectivity index (χ4n) is 5.71. The summed E-state index contributed by atoms with van der Waals surface area (Å²) in [5.41, 5.74) is 8.66. The maximum Gasteiger partial charge on any atom is 0.487 e. The number of hydrogen-bond donors (Lipinski definition) is 0. The molecule has 0 radical (unpaired) electrons. The highest BCUT2D eigenvalue weighted by molar-refractivity contribution is 14.1. The minimum absolute atomic E-state index is 0.277. The van der Waals surface area contributed by atoms with E-state index in [0.29, 0.717) is 10.8 Å². The smallest absolute Gasteiger partial charge is 0.400 e. The second-order valence-electron chi connectivity index (χ2n) is 16.6. The number of rotatable bonds is 13. The number of unbranched alkanes of at least 4 members (excludes halogenated alkanes) is 2. The predicted molar refractivity (Wildman–Crippen MR) is 214 cm³/mol. The van der Waals surface area contributed by atoms with E-state index in [9.17, 15) is 0 Å². The molecule has 0 unspecified atom stereocenters. The highest BCUT2D eigenvalue weighted by Crippen LogP contribution is 2.38. The van der Waals surface area contributed by atoms with Crippen LogP contribution in [0.1, 0.15) is 157 Å². The summed E-state index contributed by atoms with van der Waals surface area (Å²) >= 11 is 2.35. The molecule has 46 heavy (non-hydrogen) atoms. The Morgan fingerprint density at radius 2 is 1.09 bits per heavy atom. The van der Waals surface area contributed by atoms with Gasteiger partial charge in [-0.2, -0.15) is 0 Å². The summed E-state index contributed by atoms with van der Waals surface area (Å²) in [7, 11) is -0.277. The van der Waals surface area contributed by atoms with E-state index in [1.54, 1.807) is 0 Å². The molecule has 1 aliphatic rings. The molecule has 0 N–H and O–H groups in total. The van der Waals surface area contributed by atoms with Crippen molar-refractivity contribution in [3.63, 3.8) is 0 Å². The lowest BCUT2D eigenvalue weighted by Gasteiger charge is -2.32. The Balaban J connectivity index is 0.000000341. The number of halogens is 1. The Morgan fingerprint density at radius 3 is 1.46 bits per heavy atom. The Morgan fingerprint density at radius 1 is 0.674 bits per heavy atom. The van der Waals surface area contributed by atoms with Gasteiger partial charge in [-0.15, -0.1) is 0 Å². The van der Waals surface area contributed by atoms with E-state index in [0.717, 1.165) is 19.3 Å². The van der Waals surface area contributed by atoms with Crippen LogP contribution in [-0.2, 0) is 22.2 Å². The van der Waals surface area contributed by atoms with Crippen LogP contribution in [0.4, 0.5) is 0 Å². The third kappa shape index (κ3) is 14.4. The minimum Gasteiger partial charge on any atom is -0.400 e. The molecule has 0 saturated carbocycles. The van der Waals surface area contributed by atoms with Crippen LogP contribution >= 0.6 is 22.6 Å². The first kappa shape index (κ1) is 40.8. The normalized spacial score (nSPS) is 16.8. The Labute approximate surface area is 298 Å². The largest absolute Gasteiger partial charge is 0.487 e. The van der Waals surface area contributed by atoms with Crippen molar-refractivity contribution in [2.75, 3.05) is 0 Å². The fourth-order valence-corrected chi connectivity index (χ4v) is 6.51. The summed E-state index contributed by atoms with van der Waals surface area (Å²) in [6.07, 6.45) is 12.2. The van der Waals surface area contributed by atoms with E-state index >= 15 is 0 Å². The number of benzene rings is 2. The number of aryl methyl sites for hydroxylation is 2. The zero-order chi connectivity index (χ0) is 34.6. The van der Waals surface area contributed by atoms with Crippen LogP contribution < -0.4 is 0 Å². The van der Waals surface area contributed by atoms with Gasteiger partial charge >= 0.3 is 7.12 Å². The van der Waals surface area contributed by atoms with Crippen LogP contribution in [0.3, 0.4) is 0 Å². The van der Waals surface area contributed by atoms with Crippen molar-refractivity contribution >= 4 is 40.9 Å². The van der Waals surface area contributed by atoms with Gasteiger partial charge in [0.25, 0.3) is 0 Å². The standard InChI is InChI=1S/C24H39BO2.C18H27I/c1-9-20(18-25-26-23(5,6)24(7,8)27-25)21-15-12-14-19(17-21)13-10-11-16-22(2,3)4;1-5-16(14-19)17-11-8-10-15(13-17)9-6-7-12-18(2,3)4/h12,14-15,17-18H,9-11,13,16H2,1-8H3;8,10-11,13-14H,5-7,9,12H2,1-4H3/b20-18+;16-14+. The van der Waals surface area contributed by atoms with Crippen LogP contribution in [0, 0.1) is 10.8 Å². The lowest BCUT2D eigenvalue weighted by Crippen LogP contribution is -2.41. The summed E-state index contributed by atoms with van der Waals surface area (Å²) in [6.45, 7) is 26.8. The van der Waals surface area contributed by atoms with Crippen molar-refractivity contribution in [1.82, 2.24) is 0 Å². The number of allylic oxidation sites excluding steroid dienone is 2. The van der Waals surface area contributed by atoms with Gasteiger partial charge in [0.1, 0.15) is 0 Å². The van der Waals surface area contributed by atoms with Crippen LogP contribution in [0.25, 0.3) is 11.1 Å². The molecule has 1 aliphatic heterocycles. The van der Waals surface area contributed by atoms with Gasteiger partial charge < -0.3 is 9.31 Å². The Bertz CT molecular complexity index is 1240. The summed E-state index contributed by atoms with van der Waals surface area (Å²) in [6, 6.07) is 18.0. The number of hydrogen-bond acceptors (Lipinski definition) is 2. The maximum absolute atomic E-state index is 6.16. The molecule has 0 spiro atoms. The van der Waals surface area contributed by atoms with Crippen molar-refractivity contribution in [3.8, 4) is 0 Å². The van der Waals surface area contributed by atoms with Gasteiger partial charge in [0.2, 0.25) is 0 Å². The molecule has 1 saturated heterocycles. The molecular weight excluding hydrogens is 674 g/mol. The van der Waals surface area contributed by atoms with Crippen LogP contribution in [0.5, 0.6) is 0 Å². The minimum atomic E-state index is -0.290. The molecule has 2 aromatic rings. The SMILES string of the molecule is CC/C(=C\B1OC(C)(C)C(C)(C)O1)c1cccc(CCCCC(C)(C)C)c1.CC/C(=C\I)c1cccc(CCCCC(C)(C)C)c1. The van der Waals surface area contributed by atoms with E-state index in [1.807, 2.05) is 0 Å². The predicted octanol–water partition coefficient (Wildman–Crippen LogP) is 13.5. The quantitative estimate of drug-likeness (QED) is 0.116. The van der Waals surface area contributed by atoms with Crippen molar-refractivity contribution in [2.45, 2.75) is 158 Å². The monoisotopic (exact) mass is 740 g/mol. The van der Waals surface area contributed by atoms with E-state index in [-0.39, 0.29) is 18.3 Å². The van der Waals surface area contributed by atoms with Gasteiger partial charge in [0, 0.05) is 0 Å². The van der Waals surface area contributed by atoms with E-state index < -0.39 is 0 Å². The Hall–Kier alpha value is -1.37. The first-order chi connectivity index (χ1) is 21.4. The first-order valence-electron chi connectivity index (χ1n) is 17.9. The molecule has 2 nitrogen and oxygen atoms in total. The third-order valence-corrected chi connectivity index (χ3v) is 10.1. The van der Waals surface area contributed by atoms with Crippen molar-refractivity contribution in [2.24, 2.45) is 10.8 Å². The lowest BCUT2D eigenvalue weighted by molar-refractivity contribution is 0.00578. The topological polar surface area (TPSA) is 18.5 Å². The summed E-state index contributed by atoms with van der Waals surface area (Å²) in [5, 5.41) is 0. The van der Waals surface area contributed by atoms with Gasteiger partial charge in [-0.1, -0.05) is 145 Å². The fraction of sp³-hybridized carbons (Fsp3) is 0.619. The third-order valence-electron chi connectivity index (χ3n) is 9.38. The van der Waals surface area contributed by atoms with Gasteiger partial charge in [-0.25, -0.2) is 0 Å². The lowest BCUT2D eigenvalue weighted by atomic mass is 9.83. The van der Waals surface area contributed by atoms with Crippen molar-refractivity contribution < 1.29 is 9.31 Å². The molecule has 1 fully saturated rings. The zero-order valence-electron chi connectivity index (χ0n) is 31.6. The Kier molecular flexibility index (Phi) is 16.3. The molecule has 0 bridgehead atoms. The molecule has 0 aliphatic carbocycles. The molecule has 2 aromatic carbocycles. The highest BCUT2D eigenvalue weighted by Gasteiger charge is 2.50. The van der Waals surface area contributed by atoms with E-state index in [2.05, 4.69) is 164 Å². The van der Waals surface area contributed by atoms with E-state index in [1.165, 1.54) is 78.3 Å². The summed E-state index contributed by atoms with van der Waals surface area (Å²) in [4.78, 5) is 0. The summed E-state index contributed by atoms with van der Waals surface area (Å²) in [5.74, 6) is 2.16. The summed E-state index contributed by atoms with van der Waals surface area (Å²) < 4.78 is 14.5. The van der Waals surface area contributed by atoms with Gasteiger partial charge in [-0.05, 0) is 127 Å². The molecular formula is C42H66BIO2. The van der Waals surface area contributed by atoms with Crippen LogP contribution in [-0.4, -0.2) is 18.3 Å². The van der Waals surface area contributed by atoms with Crippen LogP contribution in [0.2, 0.25) is 0 Å². The average molecular weight is 741 g/mol. The molecule has 3 rings (SSSR count). The molecule has 256 valence electrons. The second kappa shape index (κ2) is 18.4. The second-order valence-corrected chi connectivity index (χ2v) is 17.2. The van der Waals surface area contributed by atoms with Gasteiger partial charge in [-0.3, -0.25) is 0 Å². The van der Waals surface area contributed by atoms with Crippen molar-refractivity contribution in [3.05, 3.63) is 80.8 Å². The molecule has 4 heteroatoms. The average Bonchev–Trinajstić information content (AvgIpc) is 3.17. The van der Waals surface area contributed by atoms with Crippen molar-refractivity contribution in [1.29, 1.82) is 0 Å². The van der Waals surface area contributed by atoms with E-state index in [4.69, 9.17) is 9.31 Å². The molecule has 0 aromatic heterocycles. The maximum atomic E-state index is 6.16. The molecule has 1 heterocycles. The van der Waals surface area contributed by atoms with Gasteiger partial charge in [0.05, 0.1) is 11.2 Å². The van der Waals surface area contributed by atoms with Crippen LogP contribution in [0.15, 0.2) is 58.6 Å². The molecule has 0 atom stereocenters. The first-order valence-corrected chi connectivity index (χ1v) is 19.2.